The number of imide groups is 1. The van der Waals surface area contributed by atoms with Crippen LogP contribution in [0.2, 0.25) is 10.0 Å². The minimum Gasteiger partial charge on any atom is -0.368 e. The van der Waals surface area contributed by atoms with Gasteiger partial charge in [-0.2, -0.15) is 0 Å². The first-order chi connectivity index (χ1) is 13.6. The number of fused-ring (bicyclic) bond motifs is 1. The first-order valence-electron chi connectivity index (χ1n) is 10.3. The van der Waals surface area contributed by atoms with Crippen molar-refractivity contribution in [3.63, 3.8) is 0 Å². The number of amides is 2. The molecule has 3 fully saturated rings. The first kappa shape index (κ1) is 20.0. The molecule has 152 valence electrons. The molecule has 0 aromatic heterocycles. The number of hydrogen-bond acceptors (Lipinski definition) is 4. The van der Waals surface area contributed by atoms with Gasteiger partial charge in [0.2, 0.25) is 11.8 Å². The maximum Gasteiger partial charge on any atom is 0.233 e. The monoisotopic (exact) mass is 423 g/mol. The highest BCUT2D eigenvalue weighted by Gasteiger charge is 2.47. The van der Waals surface area contributed by atoms with E-state index in [9.17, 15) is 9.59 Å². The van der Waals surface area contributed by atoms with Gasteiger partial charge in [0, 0.05) is 32.7 Å². The highest BCUT2D eigenvalue weighted by Crippen LogP contribution is 2.38. The number of likely N-dealkylation sites (tertiary alicyclic amines) is 1. The molecule has 1 aromatic rings. The van der Waals surface area contributed by atoms with Gasteiger partial charge in [-0.1, -0.05) is 42.1 Å². The Hall–Kier alpha value is -1.30. The third-order valence-electron chi connectivity index (χ3n) is 6.43. The number of anilines is 1. The van der Waals surface area contributed by atoms with Crippen molar-refractivity contribution in [2.45, 2.75) is 32.1 Å². The van der Waals surface area contributed by atoms with Crippen LogP contribution in [0.3, 0.4) is 0 Å². The van der Waals surface area contributed by atoms with Crippen molar-refractivity contribution in [2.75, 3.05) is 44.2 Å². The molecule has 0 spiro atoms. The smallest absolute Gasteiger partial charge is 0.233 e. The SMILES string of the molecule is O=C1C2CCCCC2C(=O)N1CCCN1CCN(c2cccc(Cl)c2Cl)CC1. The number of carbonyl (C=O) groups excluding carboxylic acids is 2. The van der Waals surface area contributed by atoms with E-state index in [1.165, 1.54) is 0 Å². The van der Waals surface area contributed by atoms with Crippen LogP contribution in [0.5, 0.6) is 0 Å². The molecule has 2 atom stereocenters. The number of nitrogens with zero attached hydrogens (tertiary/aromatic N) is 3. The maximum atomic E-state index is 12.6. The highest BCUT2D eigenvalue weighted by atomic mass is 35.5. The number of hydrogen-bond donors (Lipinski definition) is 0. The fourth-order valence-electron chi connectivity index (χ4n) is 4.85. The molecule has 2 amide bonds. The standard InChI is InChI=1S/C21H27Cl2N3O2/c22-17-7-3-8-18(19(17)23)25-13-11-24(12-14-25)9-4-10-26-20(27)15-5-1-2-6-16(15)21(26)28/h3,7-8,15-16H,1-2,4-6,9-14H2. The Kier molecular flexibility index (Phi) is 6.14. The molecule has 2 aliphatic heterocycles. The van der Waals surface area contributed by atoms with Gasteiger partial charge in [0.1, 0.15) is 0 Å². The van der Waals surface area contributed by atoms with Gasteiger partial charge in [0.05, 0.1) is 27.6 Å². The Labute approximate surface area is 176 Å². The predicted octanol–water partition coefficient (Wildman–Crippen LogP) is 3.68. The summed E-state index contributed by atoms with van der Waals surface area (Å²) in [6, 6.07) is 5.74. The quantitative estimate of drug-likeness (QED) is 0.677. The summed E-state index contributed by atoms with van der Waals surface area (Å²) in [5.74, 6) is 0.0877. The lowest BCUT2D eigenvalue weighted by molar-refractivity contribution is -0.140. The van der Waals surface area contributed by atoms with Gasteiger partial charge in [-0.3, -0.25) is 19.4 Å². The molecule has 1 aliphatic carbocycles. The molecule has 28 heavy (non-hydrogen) atoms. The van der Waals surface area contributed by atoms with Crippen LogP contribution < -0.4 is 4.90 Å². The highest BCUT2D eigenvalue weighted by molar-refractivity contribution is 6.43. The lowest BCUT2D eigenvalue weighted by Gasteiger charge is -2.36. The fraction of sp³-hybridized carbons (Fsp3) is 0.619. The van der Waals surface area contributed by atoms with E-state index >= 15 is 0 Å². The van der Waals surface area contributed by atoms with Crippen LogP contribution in [0.4, 0.5) is 5.69 Å². The second kappa shape index (κ2) is 8.60. The van der Waals surface area contributed by atoms with Crippen molar-refractivity contribution in [3.8, 4) is 0 Å². The minimum absolute atomic E-state index is 0.0350. The van der Waals surface area contributed by atoms with Crippen molar-refractivity contribution in [1.29, 1.82) is 0 Å². The van der Waals surface area contributed by atoms with Gasteiger partial charge < -0.3 is 4.90 Å². The summed E-state index contributed by atoms with van der Waals surface area (Å²) < 4.78 is 0. The summed E-state index contributed by atoms with van der Waals surface area (Å²) >= 11 is 12.5. The van der Waals surface area contributed by atoms with Gasteiger partial charge in [-0.15, -0.1) is 0 Å². The number of benzene rings is 1. The van der Waals surface area contributed by atoms with E-state index in [-0.39, 0.29) is 23.7 Å². The third kappa shape index (κ3) is 3.89. The molecule has 2 saturated heterocycles. The van der Waals surface area contributed by atoms with Crippen molar-refractivity contribution in [1.82, 2.24) is 9.80 Å². The summed E-state index contributed by atoms with van der Waals surface area (Å²) in [6.07, 6.45) is 4.78. The zero-order chi connectivity index (χ0) is 19.7. The molecule has 4 rings (SSSR count). The molecule has 0 bridgehead atoms. The van der Waals surface area contributed by atoms with Gasteiger partial charge in [-0.25, -0.2) is 0 Å². The van der Waals surface area contributed by atoms with E-state index in [0.29, 0.717) is 16.6 Å². The Morgan fingerprint density at radius 1 is 0.893 bits per heavy atom. The third-order valence-corrected chi connectivity index (χ3v) is 7.24. The van der Waals surface area contributed by atoms with Crippen LogP contribution >= 0.6 is 23.2 Å². The molecule has 1 aromatic carbocycles. The van der Waals surface area contributed by atoms with Crippen LogP contribution in [-0.2, 0) is 9.59 Å². The van der Waals surface area contributed by atoms with Gasteiger partial charge in [0.25, 0.3) is 0 Å². The molecule has 3 aliphatic rings. The molecule has 7 heteroatoms. The topological polar surface area (TPSA) is 43.9 Å². The van der Waals surface area contributed by atoms with Crippen LogP contribution in [0, 0.1) is 11.8 Å². The van der Waals surface area contributed by atoms with E-state index < -0.39 is 0 Å². The molecule has 0 radical (unpaired) electrons. The summed E-state index contributed by atoms with van der Waals surface area (Å²) in [5, 5.41) is 1.20. The number of carbonyl (C=O) groups is 2. The molecule has 2 heterocycles. The lowest BCUT2D eigenvalue weighted by Crippen LogP contribution is -2.47. The van der Waals surface area contributed by atoms with Crippen molar-refractivity contribution in [2.24, 2.45) is 11.8 Å². The van der Waals surface area contributed by atoms with E-state index in [0.717, 1.165) is 70.5 Å². The van der Waals surface area contributed by atoms with Crippen molar-refractivity contribution in [3.05, 3.63) is 28.2 Å². The van der Waals surface area contributed by atoms with Crippen molar-refractivity contribution >= 4 is 40.7 Å². The maximum absolute atomic E-state index is 12.6. The molecular weight excluding hydrogens is 397 g/mol. The van der Waals surface area contributed by atoms with Crippen LogP contribution in [0.1, 0.15) is 32.1 Å². The Bertz CT molecular complexity index is 725. The molecule has 0 N–H and O–H groups in total. The predicted molar refractivity (Wildman–Crippen MR) is 112 cm³/mol. The van der Waals surface area contributed by atoms with E-state index in [1.54, 1.807) is 11.0 Å². The second-order valence-electron chi connectivity index (χ2n) is 8.08. The summed E-state index contributed by atoms with van der Waals surface area (Å²) in [6.45, 7) is 5.14. The summed E-state index contributed by atoms with van der Waals surface area (Å²) in [4.78, 5) is 31.3. The lowest BCUT2D eigenvalue weighted by atomic mass is 9.81. The van der Waals surface area contributed by atoms with E-state index in [4.69, 9.17) is 23.2 Å². The van der Waals surface area contributed by atoms with Gasteiger partial charge in [0.15, 0.2) is 0 Å². The van der Waals surface area contributed by atoms with Gasteiger partial charge >= 0.3 is 0 Å². The number of rotatable bonds is 5. The van der Waals surface area contributed by atoms with Crippen LogP contribution in [0.25, 0.3) is 0 Å². The molecular formula is C21H27Cl2N3O2. The normalized spacial score (nSPS) is 26.1. The van der Waals surface area contributed by atoms with E-state index in [1.807, 2.05) is 12.1 Å². The Balaban J connectivity index is 1.24. The summed E-state index contributed by atoms with van der Waals surface area (Å²) in [7, 11) is 0. The summed E-state index contributed by atoms with van der Waals surface area (Å²) in [5.41, 5.74) is 0.990. The van der Waals surface area contributed by atoms with Crippen molar-refractivity contribution < 1.29 is 9.59 Å². The molecule has 2 unspecified atom stereocenters. The number of piperazine rings is 1. The van der Waals surface area contributed by atoms with Crippen LogP contribution in [0.15, 0.2) is 18.2 Å². The Morgan fingerprint density at radius 3 is 2.18 bits per heavy atom. The average Bonchev–Trinajstić information content (AvgIpc) is 2.96. The zero-order valence-corrected chi connectivity index (χ0v) is 17.6. The van der Waals surface area contributed by atoms with Crippen LogP contribution in [-0.4, -0.2) is 60.9 Å². The average molecular weight is 424 g/mol. The van der Waals surface area contributed by atoms with E-state index in [2.05, 4.69) is 9.80 Å². The fourth-order valence-corrected chi connectivity index (χ4v) is 5.27. The number of halogens is 2. The van der Waals surface area contributed by atoms with Gasteiger partial charge in [-0.05, 0) is 37.9 Å². The minimum atomic E-state index is -0.0350. The second-order valence-corrected chi connectivity index (χ2v) is 8.87. The molecule has 5 nitrogen and oxygen atoms in total. The molecule has 1 saturated carbocycles. The largest absolute Gasteiger partial charge is 0.368 e. The first-order valence-corrected chi connectivity index (χ1v) is 11.1. The Morgan fingerprint density at radius 2 is 1.54 bits per heavy atom. The zero-order valence-electron chi connectivity index (χ0n) is 16.1.